The zero-order chi connectivity index (χ0) is 15.5. The maximum Gasteiger partial charge on any atom is 0.237 e. The summed E-state index contributed by atoms with van der Waals surface area (Å²) in [6.45, 7) is 1.02. The van der Waals surface area contributed by atoms with Crippen LogP contribution in [0.5, 0.6) is 0 Å². The van der Waals surface area contributed by atoms with Crippen LogP contribution in [0, 0.1) is 5.82 Å². The van der Waals surface area contributed by atoms with Crippen LogP contribution < -0.4 is 16.1 Å². The van der Waals surface area contributed by atoms with Gasteiger partial charge in [0.1, 0.15) is 5.82 Å². The molecule has 0 spiro atoms. The zero-order valence-electron chi connectivity index (χ0n) is 12.1. The van der Waals surface area contributed by atoms with Crippen LogP contribution in [0.3, 0.4) is 0 Å². The topological polar surface area (TPSA) is 74.0 Å². The van der Waals surface area contributed by atoms with Gasteiger partial charge in [-0.3, -0.25) is 9.59 Å². The van der Waals surface area contributed by atoms with Gasteiger partial charge in [0.25, 0.3) is 0 Å². The molecule has 0 radical (unpaired) electrons. The molecule has 0 unspecified atom stereocenters. The molecule has 1 aliphatic rings. The third-order valence-corrected chi connectivity index (χ3v) is 3.94. The Bertz CT molecular complexity index is 757. The number of hydrogen-bond donors (Lipinski definition) is 3. The number of H-pyrrole nitrogens is 1. The summed E-state index contributed by atoms with van der Waals surface area (Å²) in [6.07, 6.45) is 2.71. The second kappa shape index (κ2) is 6.27. The molecule has 6 heteroatoms. The van der Waals surface area contributed by atoms with E-state index < -0.39 is 5.82 Å². The molecule has 0 saturated carbocycles. The third-order valence-electron chi connectivity index (χ3n) is 3.94. The minimum absolute atomic E-state index is 0.0215. The molecule has 2 aromatic rings. The maximum atomic E-state index is 13.8. The molecule has 1 amide bonds. The summed E-state index contributed by atoms with van der Waals surface area (Å²) >= 11 is 0. The first kappa shape index (κ1) is 14.7. The number of amides is 1. The van der Waals surface area contributed by atoms with Crippen LogP contribution in [0.2, 0.25) is 0 Å². The third kappa shape index (κ3) is 3.01. The van der Waals surface area contributed by atoms with Gasteiger partial charge < -0.3 is 15.6 Å². The fourth-order valence-corrected chi connectivity index (χ4v) is 2.75. The van der Waals surface area contributed by atoms with Crippen molar-refractivity contribution >= 4 is 16.8 Å². The van der Waals surface area contributed by atoms with Crippen LogP contribution >= 0.6 is 0 Å². The number of hydrogen-bond acceptors (Lipinski definition) is 3. The van der Waals surface area contributed by atoms with Crippen molar-refractivity contribution in [1.82, 2.24) is 15.6 Å². The van der Waals surface area contributed by atoms with Gasteiger partial charge in [-0.1, -0.05) is 6.07 Å². The van der Waals surface area contributed by atoms with E-state index in [0.717, 1.165) is 19.3 Å². The number of halogens is 1. The first-order valence-corrected chi connectivity index (χ1v) is 7.46. The Balaban J connectivity index is 1.80. The van der Waals surface area contributed by atoms with Crippen molar-refractivity contribution < 1.29 is 9.18 Å². The highest BCUT2D eigenvalue weighted by atomic mass is 19.1. The summed E-state index contributed by atoms with van der Waals surface area (Å²) in [5.74, 6) is -0.476. The van der Waals surface area contributed by atoms with Crippen LogP contribution in [-0.4, -0.2) is 23.5 Å². The van der Waals surface area contributed by atoms with Gasteiger partial charge in [-0.25, -0.2) is 4.39 Å². The monoisotopic (exact) mass is 303 g/mol. The van der Waals surface area contributed by atoms with Gasteiger partial charge in [-0.15, -0.1) is 0 Å². The number of rotatable bonds is 3. The van der Waals surface area contributed by atoms with Crippen LogP contribution in [0.25, 0.3) is 10.9 Å². The highest BCUT2D eigenvalue weighted by Crippen LogP contribution is 2.13. The van der Waals surface area contributed by atoms with Crippen LogP contribution in [0.15, 0.2) is 29.1 Å². The van der Waals surface area contributed by atoms with Crippen molar-refractivity contribution in [2.45, 2.75) is 31.8 Å². The lowest BCUT2D eigenvalue weighted by atomic mass is 10.1. The van der Waals surface area contributed by atoms with Crippen LogP contribution in [0.4, 0.5) is 4.39 Å². The number of fused-ring (bicyclic) bond motifs is 1. The fraction of sp³-hybridized carbons (Fsp3) is 0.375. The minimum Gasteiger partial charge on any atom is -0.355 e. The quantitative estimate of drug-likeness (QED) is 0.803. The Kier molecular flexibility index (Phi) is 4.20. The second-order valence-electron chi connectivity index (χ2n) is 5.54. The molecular formula is C16H18FN3O2. The summed E-state index contributed by atoms with van der Waals surface area (Å²) in [5.41, 5.74) is 0.548. The van der Waals surface area contributed by atoms with E-state index in [-0.39, 0.29) is 22.9 Å². The van der Waals surface area contributed by atoms with Crippen molar-refractivity contribution in [2.75, 3.05) is 6.54 Å². The number of carbonyl (C=O) groups is 1. The van der Waals surface area contributed by atoms with E-state index in [1.807, 2.05) is 0 Å². The molecule has 0 aliphatic carbocycles. The van der Waals surface area contributed by atoms with Crippen molar-refractivity contribution in [3.05, 3.63) is 46.0 Å². The molecule has 3 rings (SSSR count). The maximum absolute atomic E-state index is 13.8. The van der Waals surface area contributed by atoms with E-state index in [1.54, 1.807) is 6.07 Å². The van der Waals surface area contributed by atoms with Crippen LogP contribution in [-0.2, 0) is 11.3 Å². The average Bonchev–Trinajstić information content (AvgIpc) is 2.71. The SMILES string of the molecule is O=C1NCCCC[C@@H]1NCc1cc(=O)c2cccc(F)c2[nH]1. The molecule has 1 aromatic carbocycles. The van der Waals surface area contributed by atoms with E-state index in [2.05, 4.69) is 15.6 Å². The molecule has 3 N–H and O–H groups in total. The lowest BCUT2D eigenvalue weighted by molar-refractivity contribution is -0.122. The molecular weight excluding hydrogens is 285 g/mol. The molecule has 1 aromatic heterocycles. The van der Waals surface area contributed by atoms with Crippen molar-refractivity contribution in [1.29, 1.82) is 0 Å². The van der Waals surface area contributed by atoms with Gasteiger partial charge in [0, 0.05) is 30.2 Å². The highest BCUT2D eigenvalue weighted by Gasteiger charge is 2.19. The molecule has 1 atom stereocenters. The molecule has 2 heterocycles. The predicted molar refractivity (Wildman–Crippen MR) is 82.0 cm³/mol. The Morgan fingerprint density at radius 2 is 2.14 bits per heavy atom. The van der Waals surface area contributed by atoms with E-state index in [4.69, 9.17) is 0 Å². The molecule has 0 bridgehead atoms. The molecule has 1 fully saturated rings. The van der Waals surface area contributed by atoms with Crippen molar-refractivity contribution in [2.24, 2.45) is 0 Å². The standard InChI is InChI=1S/C16H18FN3O2/c17-12-5-3-4-11-14(21)8-10(20-15(11)12)9-19-13-6-1-2-7-18-16(13)22/h3-5,8,13,19H,1-2,6-7,9H2,(H,18,22)(H,20,21)/t13-/m0/s1. The molecule has 1 saturated heterocycles. The van der Waals surface area contributed by atoms with Gasteiger partial charge in [0.2, 0.25) is 5.91 Å². The van der Waals surface area contributed by atoms with E-state index in [0.29, 0.717) is 24.2 Å². The Morgan fingerprint density at radius 3 is 3.00 bits per heavy atom. The normalized spacial score (nSPS) is 19.0. The summed E-state index contributed by atoms with van der Waals surface area (Å²) in [7, 11) is 0. The highest BCUT2D eigenvalue weighted by molar-refractivity contribution is 5.82. The van der Waals surface area contributed by atoms with Gasteiger partial charge in [0.15, 0.2) is 5.43 Å². The largest absolute Gasteiger partial charge is 0.355 e. The van der Waals surface area contributed by atoms with Gasteiger partial charge >= 0.3 is 0 Å². The summed E-state index contributed by atoms with van der Waals surface area (Å²) in [4.78, 5) is 26.8. The fourth-order valence-electron chi connectivity index (χ4n) is 2.75. The summed E-state index contributed by atoms with van der Waals surface area (Å²) < 4.78 is 13.8. The van der Waals surface area contributed by atoms with E-state index in [9.17, 15) is 14.0 Å². The van der Waals surface area contributed by atoms with Gasteiger partial charge in [-0.05, 0) is 31.4 Å². The molecule has 5 nitrogen and oxygen atoms in total. The second-order valence-corrected chi connectivity index (χ2v) is 5.54. The minimum atomic E-state index is -0.455. The lowest BCUT2D eigenvalue weighted by Gasteiger charge is -2.15. The smallest absolute Gasteiger partial charge is 0.237 e. The molecule has 22 heavy (non-hydrogen) atoms. The summed E-state index contributed by atoms with van der Waals surface area (Å²) in [5, 5.41) is 6.31. The number of para-hydroxylation sites is 1. The lowest BCUT2D eigenvalue weighted by Crippen LogP contribution is -2.42. The average molecular weight is 303 g/mol. The first-order chi connectivity index (χ1) is 10.6. The zero-order valence-corrected chi connectivity index (χ0v) is 12.1. The Hall–Kier alpha value is -2.21. The Morgan fingerprint density at radius 1 is 1.27 bits per heavy atom. The number of pyridine rings is 1. The number of benzene rings is 1. The number of aromatic amines is 1. The van der Waals surface area contributed by atoms with Gasteiger partial charge in [-0.2, -0.15) is 0 Å². The van der Waals surface area contributed by atoms with Crippen molar-refractivity contribution in [3.8, 4) is 0 Å². The van der Waals surface area contributed by atoms with E-state index in [1.165, 1.54) is 18.2 Å². The summed E-state index contributed by atoms with van der Waals surface area (Å²) in [6, 6.07) is 5.59. The number of nitrogens with one attached hydrogen (secondary N) is 3. The molecule has 116 valence electrons. The van der Waals surface area contributed by atoms with E-state index >= 15 is 0 Å². The predicted octanol–water partition coefficient (Wildman–Crippen LogP) is 1.43. The van der Waals surface area contributed by atoms with Crippen LogP contribution in [0.1, 0.15) is 25.0 Å². The molecule has 1 aliphatic heterocycles. The van der Waals surface area contributed by atoms with Gasteiger partial charge in [0.05, 0.1) is 11.6 Å². The Labute approximate surface area is 126 Å². The first-order valence-electron chi connectivity index (χ1n) is 7.46. The van der Waals surface area contributed by atoms with Crippen molar-refractivity contribution in [3.63, 3.8) is 0 Å². The number of carbonyl (C=O) groups excluding carboxylic acids is 1. The number of aromatic nitrogens is 1.